The fourth-order valence-electron chi connectivity index (χ4n) is 4.41. The number of amides is 3. The van der Waals surface area contributed by atoms with E-state index >= 15 is 0 Å². The van der Waals surface area contributed by atoms with Crippen LogP contribution in [0.1, 0.15) is 43.6 Å². The molecule has 2 aromatic carbocycles. The van der Waals surface area contributed by atoms with Gasteiger partial charge in [0.2, 0.25) is 0 Å². The highest BCUT2D eigenvalue weighted by Crippen LogP contribution is 2.37. The van der Waals surface area contributed by atoms with Crippen molar-refractivity contribution in [2.24, 2.45) is 11.0 Å². The number of hydrogen-bond donors (Lipinski definition) is 4. The van der Waals surface area contributed by atoms with Crippen molar-refractivity contribution in [3.8, 4) is 0 Å². The maximum Gasteiger partial charge on any atom is 0.339 e. The molecular weight excluding hydrogens is 446 g/mol. The first-order valence-corrected chi connectivity index (χ1v) is 11.5. The minimum Gasteiger partial charge on any atom is -0.481 e. The minimum atomic E-state index is -0.727. The average molecular weight is 474 g/mol. The van der Waals surface area contributed by atoms with Crippen LogP contribution in [0.15, 0.2) is 65.9 Å². The molecule has 4 rings (SSSR count). The van der Waals surface area contributed by atoms with Crippen LogP contribution in [0.2, 0.25) is 0 Å². The number of nitrogens with one attached hydrogen (secondary N) is 3. The predicted molar refractivity (Wildman–Crippen MR) is 134 cm³/mol. The molecule has 1 aromatic heterocycles. The molecule has 180 valence electrons. The lowest BCUT2D eigenvalue weighted by Gasteiger charge is -2.28. The molecule has 0 saturated heterocycles. The van der Waals surface area contributed by atoms with E-state index < -0.39 is 17.9 Å². The summed E-state index contributed by atoms with van der Waals surface area (Å²) in [7, 11) is 0. The molecule has 1 heterocycles. The standard InChI is InChI=1S/C26H27N5O4/c32-24(16-28-31-26(35)30-22-14-20-3-1-2-4-23(20)27-15-22)29-21-11-9-19(10-12-21)18-7-5-17(6-8-18)13-25(33)34/h1-4,9-12,14-18H,5-8,13H2,(H,29,32)(H,33,34)(H2,30,31,35)/b28-16+. The molecule has 0 atom stereocenters. The zero-order chi connectivity index (χ0) is 24.6. The molecule has 0 bridgehead atoms. The van der Waals surface area contributed by atoms with Crippen LogP contribution in [-0.2, 0) is 9.59 Å². The third-order valence-electron chi connectivity index (χ3n) is 6.16. The molecule has 1 aliphatic carbocycles. The Bertz CT molecular complexity index is 1230. The Kier molecular flexibility index (Phi) is 7.67. The molecule has 1 fully saturated rings. The van der Waals surface area contributed by atoms with Crippen LogP contribution in [0.3, 0.4) is 0 Å². The van der Waals surface area contributed by atoms with Gasteiger partial charge < -0.3 is 15.7 Å². The number of benzene rings is 2. The molecule has 1 saturated carbocycles. The third kappa shape index (κ3) is 6.86. The highest BCUT2D eigenvalue weighted by molar-refractivity contribution is 6.31. The fourth-order valence-corrected chi connectivity index (χ4v) is 4.41. The van der Waals surface area contributed by atoms with Crippen LogP contribution in [0.5, 0.6) is 0 Å². The number of aliphatic carboxylic acids is 1. The second-order valence-electron chi connectivity index (χ2n) is 8.67. The van der Waals surface area contributed by atoms with Crippen LogP contribution in [0.4, 0.5) is 16.2 Å². The number of urea groups is 1. The van der Waals surface area contributed by atoms with Gasteiger partial charge in [0.1, 0.15) is 6.21 Å². The number of hydrogen-bond acceptors (Lipinski definition) is 5. The van der Waals surface area contributed by atoms with Crippen molar-refractivity contribution in [1.29, 1.82) is 0 Å². The van der Waals surface area contributed by atoms with Gasteiger partial charge in [-0.05, 0) is 67.3 Å². The summed E-state index contributed by atoms with van der Waals surface area (Å²) in [6.07, 6.45) is 6.57. The Hall–Kier alpha value is -4.27. The Balaban J connectivity index is 1.22. The maximum atomic E-state index is 12.1. The van der Waals surface area contributed by atoms with Crippen LogP contribution < -0.4 is 16.1 Å². The van der Waals surface area contributed by atoms with Crippen molar-refractivity contribution < 1.29 is 19.5 Å². The molecule has 0 spiro atoms. The molecule has 9 heteroatoms. The summed E-state index contributed by atoms with van der Waals surface area (Å²) in [5, 5.41) is 18.9. The summed E-state index contributed by atoms with van der Waals surface area (Å²) in [4.78, 5) is 39.3. The fraction of sp³-hybridized carbons (Fsp3) is 0.269. The second-order valence-corrected chi connectivity index (χ2v) is 8.67. The molecule has 35 heavy (non-hydrogen) atoms. The van der Waals surface area contributed by atoms with Gasteiger partial charge in [0.05, 0.1) is 17.4 Å². The Morgan fingerprint density at radius 1 is 0.971 bits per heavy atom. The average Bonchev–Trinajstić information content (AvgIpc) is 2.84. The van der Waals surface area contributed by atoms with Gasteiger partial charge in [0.15, 0.2) is 0 Å². The monoisotopic (exact) mass is 473 g/mol. The molecule has 0 radical (unpaired) electrons. The zero-order valence-corrected chi connectivity index (χ0v) is 19.1. The quantitative estimate of drug-likeness (QED) is 0.291. The molecule has 4 N–H and O–H groups in total. The maximum absolute atomic E-state index is 12.1. The lowest BCUT2D eigenvalue weighted by atomic mass is 9.77. The van der Waals surface area contributed by atoms with E-state index in [1.165, 1.54) is 5.56 Å². The number of rotatable bonds is 7. The summed E-state index contributed by atoms with van der Waals surface area (Å²) in [5.74, 6) is -0.525. The lowest BCUT2D eigenvalue weighted by Crippen LogP contribution is -2.25. The number of carbonyl (C=O) groups excluding carboxylic acids is 2. The second kappa shape index (κ2) is 11.2. The summed E-state index contributed by atoms with van der Waals surface area (Å²) < 4.78 is 0. The van der Waals surface area contributed by atoms with E-state index in [2.05, 4.69) is 26.1 Å². The van der Waals surface area contributed by atoms with Gasteiger partial charge in [-0.15, -0.1) is 0 Å². The SMILES string of the molecule is O=C(O)CC1CCC(c2ccc(NC(=O)/C=N/NC(=O)Nc3cnc4ccccc4c3)cc2)CC1. The Morgan fingerprint density at radius 3 is 2.46 bits per heavy atom. The first-order valence-electron chi connectivity index (χ1n) is 11.5. The van der Waals surface area contributed by atoms with Crippen LogP contribution in [-0.4, -0.2) is 34.2 Å². The van der Waals surface area contributed by atoms with Crippen molar-refractivity contribution in [2.75, 3.05) is 10.6 Å². The third-order valence-corrected chi connectivity index (χ3v) is 6.16. The number of nitrogens with zero attached hydrogens (tertiary/aromatic N) is 2. The highest BCUT2D eigenvalue weighted by atomic mass is 16.4. The highest BCUT2D eigenvalue weighted by Gasteiger charge is 2.23. The molecule has 3 amide bonds. The van der Waals surface area contributed by atoms with Crippen molar-refractivity contribution in [3.05, 3.63) is 66.4 Å². The number of hydrazone groups is 1. The van der Waals surface area contributed by atoms with Crippen molar-refractivity contribution in [1.82, 2.24) is 10.4 Å². The molecule has 0 unspecified atom stereocenters. The number of aromatic nitrogens is 1. The summed E-state index contributed by atoms with van der Waals surface area (Å²) in [6.45, 7) is 0. The van der Waals surface area contributed by atoms with Gasteiger partial charge in [0.25, 0.3) is 5.91 Å². The number of para-hydroxylation sites is 1. The predicted octanol–water partition coefficient (Wildman–Crippen LogP) is 4.73. The minimum absolute atomic E-state index is 0.246. The zero-order valence-electron chi connectivity index (χ0n) is 19.1. The normalized spacial score (nSPS) is 17.7. The molecular formula is C26H27N5O4. The smallest absolute Gasteiger partial charge is 0.339 e. The van der Waals surface area contributed by atoms with Crippen molar-refractivity contribution >= 4 is 46.4 Å². The Labute approximate surface area is 202 Å². The van der Waals surface area contributed by atoms with E-state index in [1.54, 1.807) is 12.3 Å². The topological polar surface area (TPSA) is 133 Å². The van der Waals surface area contributed by atoms with E-state index in [9.17, 15) is 14.4 Å². The molecule has 1 aliphatic rings. The Morgan fingerprint density at radius 2 is 1.71 bits per heavy atom. The van der Waals surface area contributed by atoms with E-state index in [0.717, 1.165) is 42.8 Å². The van der Waals surface area contributed by atoms with Gasteiger partial charge >= 0.3 is 12.0 Å². The lowest BCUT2D eigenvalue weighted by molar-refractivity contribution is -0.138. The van der Waals surface area contributed by atoms with E-state index in [-0.39, 0.29) is 12.3 Å². The van der Waals surface area contributed by atoms with Gasteiger partial charge in [0, 0.05) is 17.5 Å². The number of pyridine rings is 1. The van der Waals surface area contributed by atoms with E-state index in [1.807, 2.05) is 48.5 Å². The van der Waals surface area contributed by atoms with Crippen LogP contribution in [0, 0.1) is 5.92 Å². The van der Waals surface area contributed by atoms with Gasteiger partial charge in [-0.2, -0.15) is 5.10 Å². The molecule has 0 aliphatic heterocycles. The van der Waals surface area contributed by atoms with Crippen LogP contribution in [0.25, 0.3) is 10.9 Å². The summed E-state index contributed by atoms with van der Waals surface area (Å²) in [5.41, 5.74) is 5.40. The first-order chi connectivity index (χ1) is 17.0. The van der Waals surface area contributed by atoms with Crippen molar-refractivity contribution in [3.63, 3.8) is 0 Å². The number of carboxylic acid groups (broad SMARTS) is 1. The number of fused-ring (bicyclic) bond motifs is 1. The number of carboxylic acids is 1. The van der Waals surface area contributed by atoms with E-state index in [0.29, 0.717) is 17.3 Å². The number of carbonyl (C=O) groups is 3. The molecule has 3 aromatic rings. The van der Waals surface area contributed by atoms with Crippen molar-refractivity contribution in [2.45, 2.75) is 38.0 Å². The van der Waals surface area contributed by atoms with Gasteiger partial charge in [-0.25, -0.2) is 10.2 Å². The largest absolute Gasteiger partial charge is 0.481 e. The number of anilines is 2. The van der Waals surface area contributed by atoms with E-state index in [4.69, 9.17) is 5.11 Å². The van der Waals surface area contributed by atoms with Crippen LogP contribution >= 0.6 is 0 Å². The first kappa shape index (κ1) is 23.9. The van der Waals surface area contributed by atoms with Gasteiger partial charge in [-0.1, -0.05) is 30.3 Å². The molecule has 9 nitrogen and oxygen atoms in total. The summed E-state index contributed by atoms with van der Waals surface area (Å²) in [6, 6.07) is 16.4. The summed E-state index contributed by atoms with van der Waals surface area (Å²) >= 11 is 0. The van der Waals surface area contributed by atoms with Gasteiger partial charge in [-0.3, -0.25) is 14.6 Å².